The average Bonchev–Trinajstić information content (AvgIpc) is 3.00. The highest BCUT2D eigenvalue weighted by Crippen LogP contribution is 2.48. The Kier molecular flexibility index (Phi) is 2.12. The van der Waals surface area contributed by atoms with Crippen LogP contribution in [0.5, 0.6) is 0 Å². The van der Waals surface area contributed by atoms with Crippen molar-refractivity contribution >= 4 is 0 Å². The summed E-state index contributed by atoms with van der Waals surface area (Å²) in [5.41, 5.74) is 2.25. The largest absolute Gasteiger partial charge is 0.459 e. The maximum Gasteiger partial charge on any atom is 0.134 e. The minimum absolute atomic E-state index is 0.108. The first-order chi connectivity index (χ1) is 8.23. The molecular formula is C16H14O. The Bertz CT molecular complexity index is 577. The summed E-state index contributed by atoms with van der Waals surface area (Å²) in [6.45, 7) is 2.08. The Hall–Kier alpha value is -1.94. The highest BCUT2D eigenvalue weighted by molar-refractivity contribution is 5.58. The molecule has 1 heteroatoms. The predicted octanol–water partition coefficient (Wildman–Crippen LogP) is 3.92. The first-order valence-corrected chi connectivity index (χ1v) is 5.89. The van der Waals surface area contributed by atoms with Crippen molar-refractivity contribution in [1.29, 1.82) is 0 Å². The summed E-state index contributed by atoms with van der Waals surface area (Å²) in [6.07, 6.45) is 7.65. The zero-order valence-corrected chi connectivity index (χ0v) is 9.86. The summed E-state index contributed by atoms with van der Waals surface area (Å²) in [7, 11) is 0. The van der Waals surface area contributed by atoms with Gasteiger partial charge >= 0.3 is 0 Å². The van der Waals surface area contributed by atoms with E-state index in [0.717, 1.165) is 29.9 Å². The van der Waals surface area contributed by atoms with E-state index in [-0.39, 0.29) is 5.41 Å². The fourth-order valence-corrected chi connectivity index (χ4v) is 2.05. The lowest BCUT2D eigenvalue weighted by molar-refractivity contribution is 0.501. The van der Waals surface area contributed by atoms with E-state index in [0.29, 0.717) is 0 Å². The van der Waals surface area contributed by atoms with Crippen molar-refractivity contribution < 1.29 is 4.42 Å². The van der Waals surface area contributed by atoms with Crippen LogP contribution in [0.2, 0.25) is 0 Å². The number of aryl methyl sites for hydroxylation is 1. The first kappa shape index (κ1) is 10.2. The first-order valence-electron chi connectivity index (χ1n) is 5.89. The zero-order valence-electron chi connectivity index (χ0n) is 9.86. The third-order valence-corrected chi connectivity index (χ3v) is 3.44. The van der Waals surface area contributed by atoms with Gasteiger partial charge in [-0.1, -0.05) is 35.7 Å². The van der Waals surface area contributed by atoms with E-state index in [1.54, 1.807) is 0 Å². The molecule has 17 heavy (non-hydrogen) atoms. The zero-order chi connectivity index (χ0) is 11.9. The van der Waals surface area contributed by atoms with E-state index in [1.165, 1.54) is 5.56 Å². The molecule has 0 atom stereocenters. The van der Waals surface area contributed by atoms with Gasteiger partial charge in [0.2, 0.25) is 0 Å². The minimum atomic E-state index is -0.108. The molecule has 3 rings (SSSR count). The molecule has 1 heterocycles. The van der Waals surface area contributed by atoms with Crippen molar-refractivity contribution in [2.24, 2.45) is 0 Å². The molecule has 1 saturated carbocycles. The standard InChI is InChI=1S/C16H14O/c1-3-16(10-11-16)15-9-8-14(17-15)13-6-4-12(2)5-7-13/h1,4-9H,10-11H2,2H3. The van der Waals surface area contributed by atoms with Gasteiger partial charge in [-0.2, -0.15) is 0 Å². The molecule has 2 aromatic rings. The fourth-order valence-electron chi connectivity index (χ4n) is 2.05. The Balaban J connectivity index is 1.96. The molecule has 1 aliphatic carbocycles. The van der Waals surface area contributed by atoms with E-state index in [2.05, 4.69) is 37.1 Å². The van der Waals surface area contributed by atoms with Crippen LogP contribution in [0, 0.1) is 19.3 Å². The highest BCUT2D eigenvalue weighted by atomic mass is 16.3. The number of furan rings is 1. The van der Waals surface area contributed by atoms with Gasteiger partial charge in [0.05, 0.1) is 5.41 Å². The average molecular weight is 222 g/mol. The Morgan fingerprint density at radius 1 is 1.12 bits per heavy atom. The van der Waals surface area contributed by atoms with Crippen molar-refractivity contribution in [3.63, 3.8) is 0 Å². The predicted molar refractivity (Wildman–Crippen MR) is 68.6 cm³/mol. The van der Waals surface area contributed by atoms with Crippen LogP contribution in [-0.2, 0) is 5.41 Å². The maximum absolute atomic E-state index is 5.89. The third kappa shape index (κ3) is 1.66. The van der Waals surface area contributed by atoms with Gasteiger partial charge in [0, 0.05) is 5.56 Å². The fraction of sp³-hybridized carbons (Fsp3) is 0.250. The topological polar surface area (TPSA) is 13.1 Å². The van der Waals surface area contributed by atoms with E-state index >= 15 is 0 Å². The lowest BCUT2D eigenvalue weighted by atomic mass is 10.1. The van der Waals surface area contributed by atoms with Gasteiger partial charge in [-0.15, -0.1) is 6.42 Å². The Labute approximate surface area is 101 Å². The third-order valence-electron chi connectivity index (χ3n) is 3.44. The molecule has 84 valence electrons. The van der Waals surface area contributed by atoms with Gasteiger partial charge < -0.3 is 4.42 Å². The number of hydrogen-bond donors (Lipinski definition) is 0. The monoisotopic (exact) mass is 222 g/mol. The maximum atomic E-state index is 5.89. The van der Waals surface area contributed by atoms with E-state index in [1.807, 2.05) is 12.1 Å². The van der Waals surface area contributed by atoms with Crippen LogP contribution in [0.4, 0.5) is 0 Å². The minimum Gasteiger partial charge on any atom is -0.459 e. The quantitative estimate of drug-likeness (QED) is 0.702. The number of hydrogen-bond acceptors (Lipinski definition) is 1. The molecule has 1 aromatic carbocycles. The van der Waals surface area contributed by atoms with Gasteiger partial charge in [-0.05, 0) is 31.9 Å². The lowest BCUT2D eigenvalue weighted by Gasteiger charge is -2.02. The van der Waals surface area contributed by atoms with Crippen molar-refractivity contribution in [3.8, 4) is 23.7 Å². The molecule has 1 fully saturated rings. The van der Waals surface area contributed by atoms with Crippen LogP contribution >= 0.6 is 0 Å². The SMILES string of the molecule is C#CC1(c2ccc(-c3ccc(C)cc3)o2)CC1. The Morgan fingerprint density at radius 2 is 1.82 bits per heavy atom. The molecule has 1 aliphatic rings. The second-order valence-electron chi connectivity index (χ2n) is 4.76. The highest BCUT2D eigenvalue weighted by Gasteiger charge is 2.45. The summed E-state index contributed by atoms with van der Waals surface area (Å²) in [4.78, 5) is 0. The van der Waals surface area contributed by atoms with Crippen LogP contribution in [0.1, 0.15) is 24.2 Å². The summed E-state index contributed by atoms with van der Waals surface area (Å²) < 4.78 is 5.89. The van der Waals surface area contributed by atoms with Crippen molar-refractivity contribution in [2.45, 2.75) is 25.2 Å². The lowest BCUT2D eigenvalue weighted by Crippen LogP contribution is -1.99. The Morgan fingerprint density at radius 3 is 2.41 bits per heavy atom. The molecule has 0 spiro atoms. The van der Waals surface area contributed by atoms with Gasteiger partial charge in [0.15, 0.2) is 0 Å². The number of rotatable bonds is 2. The molecule has 0 saturated heterocycles. The summed E-state index contributed by atoms with van der Waals surface area (Å²) >= 11 is 0. The summed E-state index contributed by atoms with van der Waals surface area (Å²) in [6, 6.07) is 12.4. The summed E-state index contributed by atoms with van der Waals surface area (Å²) in [5, 5.41) is 0. The van der Waals surface area contributed by atoms with Crippen molar-refractivity contribution in [1.82, 2.24) is 0 Å². The molecule has 0 aliphatic heterocycles. The van der Waals surface area contributed by atoms with Gasteiger partial charge in [0.25, 0.3) is 0 Å². The van der Waals surface area contributed by atoms with Gasteiger partial charge in [-0.3, -0.25) is 0 Å². The van der Waals surface area contributed by atoms with E-state index < -0.39 is 0 Å². The second-order valence-corrected chi connectivity index (χ2v) is 4.76. The smallest absolute Gasteiger partial charge is 0.134 e. The normalized spacial score (nSPS) is 16.5. The summed E-state index contributed by atoms with van der Waals surface area (Å²) in [5.74, 6) is 4.69. The van der Waals surface area contributed by atoms with Crippen molar-refractivity contribution in [3.05, 3.63) is 47.7 Å². The van der Waals surface area contributed by atoms with Crippen LogP contribution in [-0.4, -0.2) is 0 Å². The van der Waals surface area contributed by atoms with Crippen molar-refractivity contribution in [2.75, 3.05) is 0 Å². The molecule has 0 unspecified atom stereocenters. The van der Waals surface area contributed by atoms with Gasteiger partial charge in [0.1, 0.15) is 11.5 Å². The molecule has 1 aromatic heterocycles. The van der Waals surface area contributed by atoms with Crippen LogP contribution < -0.4 is 0 Å². The van der Waals surface area contributed by atoms with Gasteiger partial charge in [-0.25, -0.2) is 0 Å². The van der Waals surface area contributed by atoms with Crippen LogP contribution in [0.25, 0.3) is 11.3 Å². The molecule has 0 amide bonds. The molecule has 1 nitrogen and oxygen atoms in total. The molecule has 0 bridgehead atoms. The molecular weight excluding hydrogens is 208 g/mol. The number of benzene rings is 1. The van der Waals surface area contributed by atoms with Crippen LogP contribution in [0.15, 0.2) is 40.8 Å². The molecule has 0 radical (unpaired) electrons. The van der Waals surface area contributed by atoms with Crippen LogP contribution in [0.3, 0.4) is 0 Å². The number of terminal acetylenes is 1. The molecule has 0 N–H and O–H groups in total. The second kappa shape index (κ2) is 3.53. The van der Waals surface area contributed by atoms with E-state index in [9.17, 15) is 0 Å². The van der Waals surface area contributed by atoms with E-state index in [4.69, 9.17) is 10.8 Å².